The molecule has 0 fully saturated rings. The van der Waals surface area contributed by atoms with E-state index in [1.165, 1.54) is 0 Å². The average molecular weight is 527 g/mol. The van der Waals surface area contributed by atoms with Crippen LogP contribution in [0.5, 0.6) is 23.0 Å². The van der Waals surface area contributed by atoms with Gasteiger partial charge in [-0.1, -0.05) is 6.07 Å². The highest BCUT2D eigenvalue weighted by Gasteiger charge is 2.18. The maximum Gasteiger partial charge on any atom is 0.175 e. The molecule has 172 valence electrons. The van der Waals surface area contributed by atoms with Crippen molar-refractivity contribution in [2.75, 3.05) is 26.9 Å². The van der Waals surface area contributed by atoms with E-state index in [0.29, 0.717) is 54.9 Å². The maximum absolute atomic E-state index is 10.6. The summed E-state index contributed by atoms with van der Waals surface area (Å²) in [6.07, 6.45) is 0.824. The lowest BCUT2D eigenvalue weighted by molar-refractivity contribution is 0.105. The molecule has 2 N–H and O–H groups in total. The van der Waals surface area contributed by atoms with Crippen LogP contribution in [0.4, 0.5) is 0 Å². The molecule has 0 saturated carbocycles. The molecule has 1 aliphatic rings. The van der Waals surface area contributed by atoms with Crippen LogP contribution < -0.4 is 24.3 Å². The molecule has 0 amide bonds. The number of hydrogen-bond donors (Lipinski definition) is 2. The summed E-state index contributed by atoms with van der Waals surface area (Å²) >= 11 is 3.56. The standard InChI is InChI=1S/C23H24BrNO6.ClH/c1-27-22-10-15(12-25-13-17-3-2-6-28-17)9-18(24)23(22)31-14-19(26)16-4-5-20-21(11-16)30-8-7-29-20;/h2-6,9-11,19,25-26H,7-8,12-14H2,1H3;1H. The van der Waals surface area contributed by atoms with Gasteiger partial charge in [-0.15, -0.1) is 12.4 Å². The molecule has 9 heteroatoms. The van der Waals surface area contributed by atoms with Crippen molar-refractivity contribution in [2.45, 2.75) is 19.2 Å². The van der Waals surface area contributed by atoms with Gasteiger partial charge in [0.1, 0.15) is 31.7 Å². The van der Waals surface area contributed by atoms with Gasteiger partial charge in [-0.3, -0.25) is 0 Å². The number of nitrogens with one attached hydrogen (secondary N) is 1. The van der Waals surface area contributed by atoms with Crippen molar-refractivity contribution in [1.82, 2.24) is 5.32 Å². The second-order valence-corrected chi connectivity index (χ2v) is 7.88. The van der Waals surface area contributed by atoms with E-state index in [0.717, 1.165) is 15.8 Å². The summed E-state index contributed by atoms with van der Waals surface area (Å²) in [5.74, 6) is 3.31. The van der Waals surface area contributed by atoms with Gasteiger partial charge in [0.15, 0.2) is 23.0 Å². The van der Waals surface area contributed by atoms with Gasteiger partial charge < -0.3 is 33.8 Å². The molecule has 0 radical (unpaired) electrons. The molecule has 2 aromatic carbocycles. The molecule has 1 atom stereocenters. The van der Waals surface area contributed by atoms with Gasteiger partial charge in [0, 0.05) is 6.54 Å². The second kappa shape index (κ2) is 11.5. The van der Waals surface area contributed by atoms with Crippen molar-refractivity contribution < 1.29 is 28.5 Å². The highest BCUT2D eigenvalue weighted by molar-refractivity contribution is 9.10. The predicted molar refractivity (Wildman–Crippen MR) is 125 cm³/mol. The zero-order valence-corrected chi connectivity index (χ0v) is 19.9. The quantitative estimate of drug-likeness (QED) is 0.420. The monoisotopic (exact) mass is 525 g/mol. The zero-order chi connectivity index (χ0) is 21.6. The summed E-state index contributed by atoms with van der Waals surface area (Å²) in [6.45, 7) is 2.35. The Morgan fingerprint density at radius 2 is 1.91 bits per heavy atom. The number of furan rings is 1. The maximum atomic E-state index is 10.6. The fourth-order valence-electron chi connectivity index (χ4n) is 3.28. The normalized spacial score (nSPS) is 13.2. The number of aliphatic hydroxyl groups is 1. The Hall–Kier alpha value is -2.39. The lowest BCUT2D eigenvalue weighted by Gasteiger charge is -2.21. The van der Waals surface area contributed by atoms with Gasteiger partial charge in [0.05, 0.1) is 24.4 Å². The fraction of sp³-hybridized carbons (Fsp3) is 0.304. The first-order valence-electron chi connectivity index (χ1n) is 9.94. The molecule has 1 unspecified atom stereocenters. The van der Waals surface area contributed by atoms with Crippen LogP contribution in [0.2, 0.25) is 0 Å². The topological polar surface area (TPSA) is 82.3 Å². The predicted octanol–water partition coefficient (Wildman–Crippen LogP) is 4.65. The summed E-state index contributed by atoms with van der Waals surface area (Å²) in [5, 5.41) is 13.9. The Labute approximate surface area is 201 Å². The Balaban J connectivity index is 0.00000289. The fourth-order valence-corrected chi connectivity index (χ4v) is 3.89. The van der Waals surface area contributed by atoms with E-state index < -0.39 is 6.10 Å². The van der Waals surface area contributed by atoms with E-state index >= 15 is 0 Å². The Bertz CT molecular complexity index is 1010. The molecule has 0 saturated heterocycles. The second-order valence-electron chi connectivity index (χ2n) is 7.02. The summed E-state index contributed by atoms with van der Waals surface area (Å²) in [4.78, 5) is 0. The van der Waals surface area contributed by atoms with Gasteiger partial charge in [-0.2, -0.15) is 0 Å². The Morgan fingerprint density at radius 1 is 1.09 bits per heavy atom. The SMILES string of the molecule is COc1cc(CNCc2ccco2)cc(Br)c1OCC(O)c1ccc2c(c1)OCCO2.Cl. The highest BCUT2D eigenvalue weighted by Crippen LogP contribution is 2.38. The van der Waals surface area contributed by atoms with Crippen molar-refractivity contribution in [3.05, 3.63) is 70.1 Å². The van der Waals surface area contributed by atoms with Crippen LogP contribution in [0.3, 0.4) is 0 Å². The molecule has 1 aromatic heterocycles. The van der Waals surface area contributed by atoms with Crippen LogP contribution in [0, 0.1) is 0 Å². The number of aliphatic hydroxyl groups excluding tert-OH is 1. The third kappa shape index (κ3) is 5.89. The van der Waals surface area contributed by atoms with E-state index in [2.05, 4.69) is 21.2 Å². The first kappa shape index (κ1) is 24.3. The van der Waals surface area contributed by atoms with Crippen molar-refractivity contribution in [1.29, 1.82) is 0 Å². The van der Waals surface area contributed by atoms with Crippen molar-refractivity contribution >= 4 is 28.3 Å². The summed E-state index contributed by atoms with van der Waals surface area (Å²) in [6, 6.07) is 13.0. The minimum atomic E-state index is -0.831. The molecule has 3 aromatic rings. The number of halogens is 2. The van der Waals surface area contributed by atoms with E-state index in [9.17, 15) is 5.11 Å². The van der Waals surface area contributed by atoms with Crippen molar-refractivity contribution in [3.63, 3.8) is 0 Å². The molecule has 0 bridgehead atoms. The summed E-state index contributed by atoms with van der Waals surface area (Å²) in [7, 11) is 1.59. The largest absolute Gasteiger partial charge is 0.493 e. The van der Waals surface area contributed by atoms with Crippen molar-refractivity contribution in [2.24, 2.45) is 0 Å². The van der Waals surface area contributed by atoms with Gasteiger partial charge in [0.25, 0.3) is 0 Å². The lowest BCUT2D eigenvalue weighted by atomic mass is 10.1. The molecular formula is C23H25BrClNO6. The van der Waals surface area contributed by atoms with E-state index in [1.807, 2.05) is 30.3 Å². The van der Waals surface area contributed by atoms with Gasteiger partial charge in [-0.05, 0) is 63.5 Å². The van der Waals surface area contributed by atoms with Gasteiger partial charge in [-0.25, -0.2) is 0 Å². The minimum Gasteiger partial charge on any atom is -0.493 e. The van der Waals surface area contributed by atoms with Gasteiger partial charge in [0.2, 0.25) is 0 Å². The summed E-state index contributed by atoms with van der Waals surface area (Å²) < 4.78 is 28.6. The molecular weight excluding hydrogens is 502 g/mol. The first-order valence-corrected chi connectivity index (χ1v) is 10.7. The molecule has 32 heavy (non-hydrogen) atoms. The van der Waals surface area contributed by atoms with E-state index in [4.69, 9.17) is 23.4 Å². The first-order chi connectivity index (χ1) is 15.1. The molecule has 0 spiro atoms. The highest BCUT2D eigenvalue weighted by atomic mass is 79.9. The minimum absolute atomic E-state index is 0. The Kier molecular flexibility index (Phi) is 8.69. The van der Waals surface area contributed by atoms with E-state index in [1.54, 1.807) is 25.5 Å². The number of fused-ring (bicyclic) bond motifs is 1. The molecule has 0 aliphatic carbocycles. The van der Waals surface area contributed by atoms with Crippen LogP contribution in [0.15, 0.2) is 57.6 Å². The molecule has 2 heterocycles. The van der Waals surface area contributed by atoms with Crippen LogP contribution in [0.1, 0.15) is 23.0 Å². The number of rotatable bonds is 9. The third-order valence-corrected chi connectivity index (χ3v) is 5.42. The number of hydrogen-bond acceptors (Lipinski definition) is 7. The van der Waals surface area contributed by atoms with Crippen molar-refractivity contribution in [3.8, 4) is 23.0 Å². The van der Waals surface area contributed by atoms with Crippen LogP contribution in [-0.2, 0) is 13.1 Å². The summed E-state index contributed by atoms with van der Waals surface area (Å²) in [5.41, 5.74) is 1.72. The average Bonchev–Trinajstić information content (AvgIpc) is 3.31. The molecule has 7 nitrogen and oxygen atoms in total. The number of methoxy groups -OCH3 is 1. The Morgan fingerprint density at radius 3 is 2.66 bits per heavy atom. The zero-order valence-electron chi connectivity index (χ0n) is 17.5. The van der Waals surface area contributed by atoms with E-state index in [-0.39, 0.29) is 19.0 Å². The molecule has 4 rings (SSSR count). The van der Waals surface area contributed by atoms with Crippen LogP contribution in [-0.4, -0.2) is 32.0 Å². The molecule has 1 aliphatic heterocycles. The van der Waals surface area contributed by atoms with Crippen LogP contribution in [0.25, 0.3) is 0 Å². The number of ether oxygens (including phenoxy) is 4. The lowest BCUT2D eigenvalue weighted by Crippen LogP contribution is -2.16. The van der Waals surface area contributed by atoms with Gasteiger partial charge >= 0.3 is 0 Å². The number of benzene rings is 2. The van der Waals surface area contributed by atoms with Crippen LogP contribution >= 0.6 is 28.3 Å². The smallest absolute Gasteiger partial charge is 0.175 e. The third-order valence-electron chi connectivity index (χ3n) is 4.83.